The van der Waals surface area contributed by atoms with Gasteiger partial charge in [0.15, 0.2) is 0 Å². The summed E-state index contributed by atoms with van der Waals surface area (Å²) in [5.41, 5.74) is 7.45. The van der Waals surface area contributed by atoms with Crippen LogP contribution in [0.2, 0.25) is 0 Å². The number of methoxy groups -OCH3 is 3. The average Bonchev–Trinajstić information content (AvgIpc) is 4.01. The zero-order valence-electron chi connectivity index (χ0n) is 40.4. The molecular formula is C50H46Br2N14O3. The van der Waals surface area contributed by atoms with Gasteiger partial charge in [0.1, 0.15) is 29.5 Å². The van der Waals surface area contributed by atoms with E-state index in [1.807, 2.05) is 55.1 Å². The van der Waals surface area contributed by atoms with Crippen LogP contribution in [0, 0.1) is 22.7 Å². The zero-order chi connectivity index (χ0) is 50.1. The van der Waals surface area contributed by atoms with Gasteiger partial charge in [0.2, 0.25) is 11.8 Å². The lowest BCUT2D eigenvalue weighted by atomic mass is 9.87. The van der Waals surface area contributed by atoms with Gasteiger partial charge in [-0.05, 0) is 92.7 Å². The molecule has 14 heterocycles. The number of hydrogen-bond acceptors (Lipinski definition) is 15. The Morgan fingerprint density at radius 2 is 1.20 bits per heavy atom. The van der Waals surface area contributed by atoms with E-state index in [-0.39, 0.29) is 5.88 Å². The number of aromatic nitrogens is 8. The van der Waals surface area contributed by atoms with Crippen molar-refractivity contribution in [1.82, 2.24) is 49.4 Å². The fourth-order valence-electron chi connectivity index (χ4n) is 9.46. The molecule has 4 unspecified atom stereocenters. The summed E-state index contributed by atoms with van der Waals surface area (Å²) in [5, 5.41) is 31.0. The number of nitriles is 2. The Bertz CT molecular complexity index is 3260. The number of piperidine rings is 2. The summed E-state index contributed by atoms with van der Waals surface area (Å²) in [5.74, 6) is 3.39. The molecule has 0 spiro atoms. The molecule has 6 aliphatic heterocycles. The van der Waals surface area contributed by atoms with Gasteiger partial charge in [-0.2, -0.15) is 20.7 Å². The highest BCUT2D eigenvalue weighted by molar-refractivity contribution is 9.10. The van der Waals surface area contributed by atoms with E-state index in [0.717, 1.165) is 104 Å². The van der Waals surface area contributed by atoms with E-state index in [9.17, 15) is 10.5 Å². The second-order valence-corrected chi connectivity index (χ2v) is 18.9. The summed E-state index contributed by atoms with van der Waals surface area (Å²) in [6.45, 7) is 4.58. The summed E-state index contributed by atoms with van der Waals surface area (Å²) < 4.78 is 41.4. The minimum Gasteiger partial charge on any atom is -0.495 e. The summed E-state index contributed by atoms with van der Waals surface area (Å²) in [6, 6.07) is 25.8. The predicted octanol–water partition coefficient (Wildman–Crippen LogP) is 7.58. The third-order valence-corrected chi connectivity index (χ3v) is 13.7. The lowest BCUT2D eigenvalue weighted by Gasteiger charge is -2.56. The minimum absolute atomic E-state index is 0.105. The van der Waals surface area contributed by atoms with Crippen LogP contribution in [0.1, 0.15) is 33.6 Å². The van der Waals surface area contributed by atoms with Crippen molar-refractivity contribution in [2.45, 2.75) is 43.6 Å². The fraction of sp³-hybridized carbons (Fsp3) is 0.280. The van der Waals surface area contributed by atoms with Crippen molar-refractivity contribution >= 4 is 54.5 Å². The number of nitrogens with zero attached hydrogens (tertiary/aromatic N) is 13. The largest absolute Gasteiger partial charge is 0.495 e. The van der Waals surface area contributed by atoms with Crippen LogP contribution in [0.25, 0.3) is 33.3 Å². The molecule has 19 heteroatoms. The monoisotopic (exact) mass is 1050 g/mol. The molecule has 0 amide bonds. The lowest BCUT2D eigenvalue weighted by molar-refractivity contribution is -0.00876. The lowest BCUT2D eigenvalue weighted by Crippen LogP contribution is -2.68. The number of rotatable bonds is 9. The topological polar surface area (TPSA) is 183 Å². The predicted molar refractivity (Wildman–Crippen MR) is 267 cm³/mol. The number of pyridine rings is 6. The number of nitrogens with one attached hydrogen (secondary N) is 1. The van der Waals surface area contributed by atoms with Crippen molar-refractivity contribution in [1.29, 1.82) is 10.5 Å². The molecule has 0 aromatic carbocycles. The van der Waals surface area contributed by atoms with Crippen molar-refractivity contribution < 1.29 is 18.3 Å². The third-order valence-electron chi connectivity index (χ3n) is 12.9. The van der Waals surface area contributed by atoms with Gasteiger partial charge in [0, 0.05) is 131 Å². The Balaban J connectivity index is 0.000000146. The van der Waals surface area contributed by atoms with Crippen molar-refractivity contribution in [3.05, 3.63) is 136 Å². The molecule has 0 saturated carbocycles. The van der Waals surface area contributed by atoms with Crippen LogP contribution in [-0.2, 0) is 6.54 Å². The molecule has 17 nitrogen and oxygen atoms in total. The van der Waals surface area contributed by atoms with Gasteiger partial charge in [-0.25, -0.2) is 29.0 Å². The molecule has 69 heavy (non-hydrogen) atoms. The highest BCUT2D eigenvalue weighted by atomic mass is 79.9. The first-order valence-electron chi connectivity index (χ1n) is 23.6. The summed E-state index contributed by atoms with van der Waals surface area (Å²) in [4.78, 5) is 24.6. The molecule has 6 fully saturated rings. The number of anilines is 2. The third kappa shape index (κ3) is 9.51. The molecule has 6 saturated heterocycles. The van der Waals surface area contributed by atoms with E-state index >= 15 is 0 Å². The number of halogens is 2. The van der Waals surface area contributed by atoms with Crippen LogP contribution in [0.3, 0.4) is 0 Å². The van der Waals surface area contributed by atoms with Crippen molar-refractivity contribution in [3.8, 4) is 51.9 Å². The molecule has 4 bridgehead atoms. The van der Waals surface area contributed by atoms with Crippen LogP contribution in [-0.4, -0.2) is 116 Å². The Morgan fingerprint density at radius 3 is 1.67 bits per heavy atom. The molecule has 0 radical (unpaired) electrons. The van der Waals surface area contributed by atoms with Crippen LogP contribution < -0.4 is 29.3 Å². The van der Waals surface area contributed by atoms with Crippen molar-refractivity contribution in [2.24, 2.45) is 0 Å². The Hall–Kier alpha value is -7.16. The standard InChI is InChI=1S/C25H22BrN7O.C18H15BrN6.C7H9NO2/c1-34-24-5-2-16(9-29-24)12-32-20-7-21(32)15-31(14-20)23-4-3-17(10-28-23)22-6-19(26)13-33-25(22)18(8-27)11-30-33;19-13-3-16(18-12(5-20)7-22-25(18)8-13)11-1-2-17(21-6-11)24-9-14-4-15(10-24)23-14;1-9-6-3-4-7(10-2)8-5-6/h2-6,9-11,13,20-21H,7,12,14-15H2,1H3;1-3,6-8,14-15,23H,4,9-10H2;3-5H,1-2H3/i1D3;;. The van der Waals surface area contributed by atoms with Crippen LogP contribution in [0.15, 0.2) is 119 Å². The molecule has 348 valence electrons. The number of piperazine rings is 2. The Labute approximate surface area is 419 Å². The van der Waals surface area contributed by atoms with Gasteiger partial charge in [0.05, 0.1) is 66.1 Å². The van der Waals surface area contributed by atoms with E-state index in [4.69, 9.17) is 23.3 Å². The maximum atomic E-state index is 9.50. The van der Waals surface area contributed by atoms with Gasteiger partial charge in [-0.1, -0.05) is 6.07 Å². The molecule has 6 aliphatic rings. The number of hydrogen-bond donors (Lipinski definition) is 1. The first-order valence-corrected chi connectivity index (χ1v) is 23.7. The van der Waals surface area contributed by atoms with Crippen LogP contribution >= 0.6 is 31.9 Å². The minimum atomic E-state index is -2.50. The molecule has 1 N–H and O–H groups in total. The Morgan fingerprint density at radius 1 is 0.652 bits per heavy atom. The van der Waals surface area contributed by atoms with Gasteiger partial charge in [-0.3, -0.25) is 4.90 Å². The Kier molecular flexibility index (Phi) is 12.1. The van der Waals surface area contributed by atoms with Crippen molar-refractivity contribution in [3.63, 3.8) is 0 Å². The van der Waals surface area contributed by atoms with Crippen LogP contribution in [0.4, 0.5) is 11.6 Å². The SMILES string of the molecule is COc1ccc(OC)nc1.N#Cc1cnn2cc(Br)cc(-c3ccc(N4CC5CC(C4)N5)nc3)c12.[2H]C([2H])([2H])Oc1ccc(CN2C3CC2CN(c2ccc(-c4cc(Br)cn5ncc(C#N)c45)cn2)C3)cn1. The maximum Gasteiger partial charge on any atom is 0.213 e. The summed E-state index contributed by atoms with van der Waals surface area (Å²) in [7, 11) is 0.681. The molecular weight excluding hydrogens is 1000 g/mol. The second-order valence-electron chi connectivity index (χ2n) is 17.0. The molecule has 8 aromatic rings. The molecule has 8 aromatic heterocycles. The van der Waals surface area contributed by atoms with E-state index in [0.29, 0.717) is 41.2 Å². The normalized spacial score (nSPS) is 19.7. The molecule has 0 aliphatic carbocycles. The zero-order valence-corrected chi connectivity index (χ0v) is 40.6. The highest BCUT2D eigenvalue weighted by Gasteiger charge is 2.44. The van der Waals surface area contributed by atoms with Crippen molar-refractivity contribution in [2.75, 3.05) is 57.2 Å². The van der Waals surface area contributed by atoms with Gasteiger partial charge >= 0.3 is 0 Å². The van der Waals surface area contributed by atoms with E-state index < -0.39 is 7.04 Å². The number of fused-ring (bicyclic) bond motifs is 6. The fourth-order valence-corrected chi connectivity index (χ4v) is 10.3. The maximum absolute atomic E-state index is 9.50. The van der Waals surface area contributed by atoms with E-state index in [1.54, 1.807) is 66.2 Å². The van der Waals surface area contributed by atoms with E-state index in [2.05, 4.69) is 101 Å². The first kappa shape index (κ1) is 42.0. The van der Waals surface area contributed by atoms with Gasteiger partial charge < -0.3 is 29.3 Å². The highest BCUT2D eigenvalue weighted by Crippen LogP contribution is 2.37. The quantitative estimate of drug-likeness (QED) is 0.149. The average molecular weight is 1050 g/mol. The molecule has 4 atom stereocenters. The van der Waals surface area contributed by atoms with E-state index in [1.165, 1.54) is 6.42 Å². The van der Waals surface area contributed by atoms with Crippen LogP contribution in [0.5, 0.6) is 17.5 Å². The number of ether oxygens (including phenoxy) is 3. The first-order chi connectivity index (χ1) is 34.8. The molecule has 14 rings (SSSR count). The summed E-state index contributed by atoms with van der Waals surface area (Å²) in [6.07, 6.45) is 16.3. The second kappa shape index (κ2) is 19.8. The summed E-state index contributed by atoms with van der Waals surface area (Å²) >= 11 is 7.06. The smallest absolute Gasteiger partial charge is 0.213 e. The van der Waals surface area contributed by atoms with Gasteiger partial charge in [-0.15, -0.1) is 0 Å². The van der Waals surface area contributed by atoms with Gasteiger partial charge in [0.25, 0.3) is 0 Å².